The number of aliphatic hydroxyl groups excluding tert-OH is 1. The molecule has 0 bridgehead atoms. The van der Waals surface area contributed by atoms with E-state index >= 15 is 0 Å². The van der Waals surface area contributed by atoms with Gasteiger partial charge in [0.15, 0.2) is 0 Å². The fraction of sp³-hybridized carbons (Fsp3) is 1.00. The Kier molecular flexibility index (Phi) is 3.50. The number of aliphatic hydroxyl groups is 1. The number of hydrogen-bond donors (Lipinski definition) is 2. The van der Waals surface area contributed by atoms with Crippen LogP contribution in [0.25, 0.3) is 0 Å². The largest absolute Gasteiger partial charge is 0.395 e. The summed E-state index contributed by atoms with van der Waals surface area (Å²) in [6, 6.07) is 1.47. The van der Waals surface area contributed by atoms with Gasteiger partial charge in [0.05, 0.1) is 6.61 Å². The fourth-order valence-corrected chi connectivity index (χ4v) is 1.77. The first-order valence-corrected chi connectivity index (χ1v) is 4.70. The molecule has 0 amide bonds. The summed E-state index contributed by atoms with van der Waals surface area (Å²) < 4.78 is 0. The first-order chi connectivity index (χ1) is 5.63. The maximum Gasteiger partial charge on any atom is 0.0582 e. The van der Waals surface area contributed by atoms with Crippen molar-refractivity contribution in [3.8, 4) is 0 Å². The Morgan fingerprint density at radius 3 is 2.75 bits per heavy atom. The highest BCUT2D eigenvalue weighted by Crippen LogP contribution is 2.14. The van der Waals surface area contributed by atoms with Crippen LogP contribution in [-0.2, 0) is 0 Å². The average Bonchev–Trinajstić information content (AvgIpc) is 2.31. The van der Waals surface area contributed by atoms with Gasteiger partial charge in [0.2, 0.25) is 0 Å². The van der Waals surface area contributed by atoms with Crippen molar-refractivity contribution < 1.29 is 5.11 Å². The van der Waals surface area contributed by atoms with Gasteiger partial charge in [0.25, 0.3) is 0 Å². The summed E-state index contributed by atoms with van der Waals surface area (Å²) >= 11 is 0. The molecule has 1 heterocycles. The Labute approximate surface area is 74.8 Å². The SMILES string of the molecule is CC1CC(N[C@@H](C)CO)CN1C. The van der Waals surface area contributed by atoms with Crippen LogP contribution < -0.4 is 5.32 Å². The summed E-state index contributed by atoms with van der Waals surface area (Å²) in [6.07, 6.45) is 1.20. The molecule has 12 heavy (non-hydrogen) atoms. The number of rotatable bonds is 3. The van der Waals surface area contributed by atoms with Crippen LogP contribution in [0.4, 0.5) is 0 Å². The Bertz CT molecular complexity index is 130. The van der Waals surface area contributed by atoms with Crippen molar-refractivity contribution in [2.45, 2.75) is 38.4 Å². The third-order valence-corrected chi connectivity index (χ3v) is 2.68. The van der Waals surface area contributed by atoms with Crippen molar-refractivity contribution >= 4 is 0 Å². The van der Waals surface area contributed by atoms with Crippen LogP contribution in [0.5, 0.6) is 0 Å². The quantitative estimate of drug-likeness (QED) is 0.631. The molecule has 3 heteroatoms. The molecule has 72 valence electrons. The second-order valence-corrected chi connectivity index (χ2v) is 3.97. The Hall–Kier alpha value is -0.120. The van der Waals surface area contributed by atoms with Gasteiger partial charge in [-0.15, -0.1) is 0 Å². The predicted octanol–water partition coefficient (Wildman–Crippen LogP) is 0.0494. The molecule has 3 nitrogen and oxygen atoms in total. The van der Waals surface area contributed by atoms with Crippen molar-refractivity contribution in [3.63, 3.8) is 0 Å². The molecule has 0 aliphatic carbocycles. The number of nitrogens with one attached hydrogen (secondary N) is 1. The minimum absolute atomic E-state index is 0.230. The number of hydrogen-bond acceptors (Lipinski definition) is 3. The van der Waals surface area contributed by atoms with E-state index in [1.807, 2.05) is 6.92 Å². The van der Waals surface area contributed by atoms with Crippen molar-refractivity contribution in [2.24, 2.45) is 0 Å². The van der Waals surface area contributed by atoms with E-state index in [1.165, 1.54) is 6.42 Å². The Balaban J connectivity index is 2.27. The van der Waals surface area contributed by atoms with E-state index in [9.17, 15) is 0 Å². The van der Waals surface area contributed by atoms with E-state index in [4.69, 9.17) is 5.11 Å². The van der Waals surface area contributed by atoms with Crippen LogP contribution in [0.15, 0.2) is 0 Å². The van der Waals surface area contributed by atoms with Gasteiger partial charge in [-0.25, -0.2) is 0 Å². The zero-order chi connectivity index (χ0) is 9.14. The summed E-state index contributed by atoms with van der Waals surface area (Å²) in [5, 5.41) is 12.2. The third kappa shape index (κ3) is 2.44. The van der Waals surface area contributed by atoms with Crippen LogP contribution in [-0.4, -0.2) is 48.3 Å². The average molecular weight is 172 g/mol. The van der Waals surface area contributed by atoms with Crippen molar-refractivity contribution in [2.75, 3.05) is 20.2 Å². The molecule has 0 aromatic heterocycles. The van der Waals surface area contributed by atoms with Crippen molar-refractivity contribution in [1.82, 2.24) is 10.2 Å². The highest BCUT2D eigenvalue weighted by Gasteiger charge is 2.26. The summed E-state index contributed by atoms with van der Waals surface area (Å²) in [7, 11) is 2.15. The zero-order valence-electron chi connectivity index (χ0n) is 8.25. The molecule has 1 aliphatic heterocycles. The molecule has 2 N–H and O–H groups in total. The molecule has 1 rings (SSSR count). The first-order valence-electron chi connectivity index (χ1n) is 4.70. The molecule has 1 saturated heterocycles. The predicted molar refractivity (Wildman–Crippen MR) is 50.2 cm³/mol. The zero-order valence-corrected chi connectivity index (χ0v) is 8.25. The monoisotopic (exact) mass is 172 g/mol. The molecule has 0 spiro atoms. The summed E-state index contributed by atoms with van der Waals surface area (Å²) in [5.74, 6) is 0. The molecule has 0 aromatic carbocycles. The van der Waals surface area contributed by atoms with E-state index < -0.39 is 0 Å². The second kappa shape index (κ2) is 4.21. The van der Waals surface area contributed by atoms with E-state index in [0.29, 0.717) is 12.1 Å². The highest BCUT2D eigenvalue weighted by molar-refractivity contribution is 4.86. The lowest BCUT2D eigenvalue weighted by Crippen LogP contribution is -2.39. The second-order valence-electron chi connectivity index (χ2n) is 3.97. The standard InChI is InChI=1S/C9H20N2O/c1-7(6-12)10-9-4-8(2)11(3)5-9/h7-10,12H,4-6H2,1-3H3/t7-,8?,9?/m0/s1. The molecular weight excluding hydrogens is 152 g/mol. The summed E-state index contributed by atoms with van der Waals surface area (Å²) in [5.41, 5.74) is 0. The third-order valence-electron chi connectivity index (χ3n) is 2.68. The van der Waals surface area contributed by atoms with Gasteiger partial charge in [-0.2, -0.15) is 0 Å². The lowest BCUT2D eigenvalue weighted by atomic mass is 10.2. The van der Waals surface area contributed by atoms with Crippen LogP contribution in [0.3, 0.4) is 0 Å². The molecule has 0 radical (unpaired) electrons. The van der Waals surface area contributed by atoms with E-state index in [0.717, 1.165) is 6.54 Å². The van der Waals surface area contributed by atoms with Crippen LogP contribution >= 0.6 is 0 Å². The molecule has 3 atom stereocenters. The molecule has 2 unspecified atom stereocenters. The fourth-order valence-electron chi connectivity index (χ4n) is 1.77. The smallest absolute Gasteiger partial charge is 0.0582 e. The normalized spacial score (nSPS) is 34.0. The van der Waals surface area contributed by atoms with Crippen LogP contribution in [0.2, 0.25) is 0 Å². The lowest BCUT2D eigenvalue weighted by Gasteiger charge is -2.17. The number of nitrogens with zero attached hydrogens (tertiary/aromatic N) is 1. The van der Waals surface area contributed by atoms with Gasteiger partial charge in [0, 0.05) is 24.7 Å². The first kappa shape index (κ1) is 9.96. The maximum atomic E-state index is 8.85. The highest BCUT2D eigenvalue weighted by atomic mass is 16.3. The Morgan fingerprint density at radius 1 is 1.67 bits per heavy atom. The van der Waals surface area contributed by atoms with Crippen LogP contribution in [0, 0.1) is 0 Å². The number of likely N-dealkylation sites (tertiary alicyclic amines) is 1. The van der Waals surface area contributed by atoms with Crippen LogP contribution in [0.1, 0.15) is 20.3 Å². The molecule has 0 aromatic rings. The van der Waals surface area contributed by atoms with Crippen molar-refractivity contribution in [1.29, 1.82) is 0 Å². The van der Waals surface area contributed by atoms with Gasteiger partial charge < -0.3 is 15.3 Å². The lowest BCUT2D eigenvalue weighted by molar-refractivity contribution is 0.240. The maximum absolute atomic E-state index is 8.85. The number of likely N-dealkylation sites (N-methyl/N-ethyl adjacent to an activating group) is 1. The van der Waals surface area contributed by atoms with Crippen molar-refractivity contribution in [3.05, 3.63) is 0 Å². The van der Waals surface area contributed by atoms with Gasteiger partial charge in [-0.1, -0.05) is 0 Å². The topological polar surface area (TPSA) is 35.5 Å². The molecule has 1 aliphatic rings. The van der Waals surface area contributed by atoms with E-state index in [1.54, 1.807) is 0 Å². The van der Waals surface area contributed by atoms with Gasteiger partial charge in [0.1, 0.15) is 0 Å². The molecular formula is C9H20N2O. The minimum Gasteiger partial charge on any atom is -0.395 e. The summed E-state index contributed by atoms with van der Waals surface area (Å²) in [4.78, 5) is 2.35. The Morgan fingerprint density at radius 2 is 2.33 bits per heavy atom. The summed E-state index contributed by atoms with van der Waals surface area (Å²) in [6.45, 7) is 5.59. The van der Waals surface area contributed by atoms with Gasteiger partial charge >= 0.3 is 0 Å². The van der Waals surface area contributed by atoms with E-state index in [2.05, 4.69) is 24.2 Å². The molecule has 0 saturated carbocycles. The minimum atomic E-state index is 0.230. The van der Waals surface area contributed by atoms with Gasteiger partial charge in [-0.3, -0.25) is 0 Å². The molecule has 1 fully saturated rings. The van der Waals surface area contributed by atoms with E-state index in [-0.39, 0.29) is 12.6 Å². The van der Waals surface area contributed by atoms with Gasteiger partial charge in [-0.05, 0) is 27.3 Å².